The van der Waals surface area contributed by atoms with Crippen molar-refractivity contribution in [1.29, 1.82) is 0 Å². The minimum Gasteiger partial charge on any atom is -0.486 e. The van der Waals surface area contributed by atoms with Crippen LogP contribution in [0.2, 0.25) is 0 Å². The number of benzene rings is 4. The molecule has 0 saturated heterocycles. The Hall–Kier alpha value is -5.19. The van der Waals surface area contributed by atoms with Gasteiger partial charge in [0.05, 0.1) is 35.3 Å². The smallest absolute Gasteiger partial charge is 0.258 e. The summed E-state index contributed by atoms with van der Waals surface area (Å²) in [5.74, 6) is -0.306. The van der Waals surface area contributed by atoms with E-state index < -0.39 is 6.04 Å². The van der Waals surface area contributed by atoms with E-state index in [0.717, 1.165) is 5.56 Å². The number of carbonyl (C=O) groups excluding carboxylic acids is 3. The van der Waals surface area contributed by atoms with E-state index in [4.69, 9.17) is 10.5 Å². The number of nitrogen functional groups attached to an aromatic ring is 1. The van der Waals surface area contributed by atoms with Gasteiger partial charge in [0, 0.05) is 38.4 Å². The Labute approximate surface area is 307 Å². The van der Waals surface area contributed by atoms with Gasteiger partial charge in [0.2, 0.25) is 11.8 Å². The fourth-order valence-corrected chi connectivity index (χ4v) is 6.46. The van der Waals surface area contributed by atoms with Crippen molar-refractivity contribution in [3.8, 4) is 16.9 Å². The number of aliphatic hydroxyl groups is 1. The summed E-state index contributed by atoms with van der Waals surface area (Å²) in [4.78, 5) is 43.3. The summed E-state index contributed by atoms with van der Waals surface area (Å²) in [6, 6.07) is 30.8. The van der Waals surface area contributed by atoms with Crippen LogP contribution in [0.1, 0.15) is 61.9 Å². The van der Waals surface area contributed by atoms with Crippen molar-refractivity contribution in [3.05, 3.63) is 108 Å². The second kappa shape index (κ2) is 18.3. The van der Waals surface area contributed by atoms with Crippen LogP contribution in [0.15, 0.2) is 97.1 Å². The number of carbonyl (C=O) groups is 3. The molecule has 1 aliphatic heterocycles. The molecule has 0 aromatic heterocycles. The molecule has 3 amide bonds. The zero-order valence-electron chi connectivity index (χ0n) is 30.4. The number of nitrogens with one attached hydrogen (secondary N) is 2. The lowest BCUT2D eigenvalue weighted by Gasteiger charge is -2.38. The average molecular weight is 706 g/mol. The molecule has 0 aliphatic carbocycles. The number of ether oxygens (including phenoxy) is 1. The second-order valence-electron chi connectivity index (χ2n) is 13.8. The number of aliphatic hydroxyl groups excluding tert-OH is 1. The van der Waals surface area contributed by atoms with Gasteiger partial charge in [-0.25, -0.2) is 0 Å². The molecule has 0 spiro atoms. The van der Waals surface area contributed by atoms with Gasteiger partial charge < -0.3 is 31.1 Å². The van der Waals surface area contributed by atoms with Crippen molar-refractivity contribution in [3.63, 3.8) is 0 Å². The summed E-state index contributed by atoms with van der Waals surface area (Å²) in [6.45, 7) is 5.40. The standard InChI is InChI=1S/C42H51N5O5/c1-29-25-47(30(2)28-48)42(51)34-15-12-18-37(45-40(50)20-9-5-8-19-39(49)44-36-17-11-10-16-35(36)43)41(34)52-38(29)27-46(3)26-31-21-23-33(24-22-31)32-13-6-4-7-14-32/h4,6-7,10-18,21-24,29-30,38,48H,5,8-9,19-20,25-28,43H2,1-3H3,(H,44,49)(H,45,50)/t29-,30+,38+/m0/s1. The third kappa shape index (κ3) is 10.2. The van der Waals surface area contributed by atoms with Crippen molar-refractivity contribution in [2.45, 2.75) is 64.6 Å². The lowest BCUT2D eigenvalue weighted by Crippen LogP contribution is -2.49. The molecule has 5 N–H and O–H groups in total. The van der Waals surface area contributed by atoms with Crippen molar-refractivity contribution < 1.29 is 24.2 Å². The molecule has 52 heavy (non-hydrogen) atoms. The maximum atomic E-state index is 13.9. The van der Waals surface area contributed by atoms with Crippen LogP contribution >= 0.6 is 0 Å². The minimum absolute atomic E-state index is 0.0757. The van der Waals surface area contributed by atoms with E-state index in [2.05, 4.69) is 65.9 Å². The van der Waals surface area contributed by atoms with E-state index in [1.54, 1.807) is 35.2 Å². The highest BCUT2D eigenvalue weighted by molar-refractivity contribution is 6.01. The Balaban J connectivity index is 1.23. The second-order valence-corrected chi connectivity index (χ2v) is 13.8. The predicted octanol–water partition coefficient (Wildman–Crippen LogP) is 6.82. The summed E-state index contributed by atoms with van der Waals surface area (Å²) in [5.41, 5.74) is 11.3. The van der Waals surface area contributed by atoms with Crippen LogP contribution in [-0.4, -0.2) is 71.5 Å². The number of hydrogen-bond acceptors (Lipinski definition) is 7. The van der Waals surface area contributed by atoms with Gasteiger partial charge in [-0.05, 0) is 67.8 Å². The van der Waals surface area contributed by atoms with Crippen molar-refractivity contribution in [2.75, 3.05) is 43.1 Å². The van der Waals surface area contributed by atoms with E-state index in [0.29, 0.717) is 73.7 Å². The highest BCUT2D eigenvalue weighted by atomic mass is 16.5. The molecule has 0 unspecified atom stereocenters. The van der Waals surface area contributed by atoms with Gasteiger partial charge in [0.15, 0.2) is 5.75 Å². The minimum atomic E-state index is -0.396. The first-order chi connectivity index (χ1) is 25.1. The predicted molar refractivity (Wildman–Crippen MR) is 207 cm³/mol. The molecule has 10 nitrogen and oxygen atoms in total. The normalized spacial score (nSPS) is 16.3. The summed E-state index contributed by atoms with van der Waals surface area (Å²) >= 11 is 0. The first-order valence-corrected chi connectivity index (χ1v) is 18.1. The molecule has 4 aromatic carbocycles. The number of para-hydroxylation sites is 3. The van der Waals surface area contributed by atoms with Crippen molar-refractivity contribution >= 4 is 34.8 Å². The lowest BCUT2D eigenvalue weighted by molar-refractivity contribution is -0.116. The van der Waals surface area contributed by atoms with Gasteiger partial charge in [-0.1, -0.05) is 86.1 Å². The van der Waals surface area contributed by atoms with Crippen LogP contribution < -0.4 is 21.1 Å². The number of fused-ring (bicyclic) bond motifs is 1. The molecule has 4 aromatic rings. The Bertz CT molecular complexity index is 1800. The summed E-state index contributed by atoms with van der Waals surface area (Å²) < 4.78 is 6.71. The third-order valence-corrected chi connectivity index (χ3v) is 9.51. The van der Waals surface area contributed by atoms with E-state index in [1.165, 1.54) is 11.1 Å². The summed E-state index contributed by atoms with van der Waals surface area (Å²) in [6.07, 6.45) is 2.19. The van der Waals surface area contributed by atoms with Crippen LogP contribution in [-0.2, 0) is 16.1 Å². The van der Waals surface area contributed by atoms with Crippen LogP contribution in [0, 0.1) is 5.92 Å². The van der Waals surface area contributed by atoms with Gasteiger partial charge in [0.25, 0.3) is 5.91 Å². The Morgan fingerprint density at radius 3 is 2.15 bits per heavy atom. The van der Waals surface area contributed by atoms with E-state index in [9.17, 15) is 19.5 Å². The number of unbranched alkanes of at least 4 members (excludes halogenated alkanes) is 2. The SMILES string of the molecule is C[C@H](CO)N1C[C@H](C)[C@@H](CN(C)Cc2ccc(-c3ccccc3)cc2)Oc2c(NC(=O)CCCCCC(=O)Nc3ccccc3N)cccc2C1=O. The van der Waals surface area contributed by atoms with Crippen molar-refractivity contribution in [1.82, 2.24) is 9.80 Å². The summed E-state index contributed by atoms with van der Waals surface area (Å²) in [5, 5.41) is 15.9. The largest absolute Gasteiger partial charge is 0.486 e. The Morgan fingerprint density at radius 2 is 1.48 bits per heavy atom. The molecule has 1 aliphatic rings. The molecule has 274 valence electrons. The number of likely N-dealkylation sites (N-methyl/N-ethyl adjacent to an activating group) is 1. The monoisotopic (exact) mass is 705 g/mol. The van der Waals surface area contributed by atoms with Crippen LogP contribution in [0.3, 0.4) is 0 Å². The van der Waals surface area contributed by atoms with E-state index in [1.807, 2.05) is 37.3 Å². The average Bonchev–Trinajstić information content (AvgIpc) is 3.14. The van der Waals surface area contributed by atoms with Crippen LogP contribution in [0.25, 0.3) is 11.1 Å². The summed E-state index contributed by atoms with van der Waals surface area (Å²) in [7, 11) is 2.05. The maximum Gasteiger partial charge on any atom is 0.258 e. The Kier molecular flexibility index (Phi) is 13.4. The van der Waals surface area contributed by atoms with Gasteiger partial charge in [-0.15, -0.1) is 0 Å². The number of nitrogens with two attached hydrogens (primary N) is 1. The van der Waals surface area contributed by atoms with Gasteiger partial charge >= 0.3 is 0 Å². The zero-order valence-corrected chi connectivity index (χ0v) is 30.4. The molecule has 0 radical (unpaired) electrons. The van der Waals surface area contributed by atoms with Crippen LogP contribution in [0.4, 0.5) is 17.1 Å². The number of rotatable bonds is 15. The topological polar surface area (TPSA) is 137 Å². The molecule has 0 saturated carbocycles. The molecule has 3 atom stereocenters. The molecule has 0 bridgehead atoms. The first kappa shape index (κ1) is 38.1. The van der Waals surface area contributed by atoms with E-state index >= 15 is 0 Å². The number of hydrogen-bond donors (Lipinski definition) is 4. The number of anilines is 3. The van der Waals surface area contributed by atoms with Gasteiger partial charge in [-0.3, -0.25) is 19.3 Å². The third-order valence-electron chi connectivity index (χ3n) is 9.51. The highest BCUT2D eigenvalue weighted by Gasteiger charge is 2.34. The molecule has 0 fully saturated rings. The van der Waals surface area contributed by atoms with E-state index in [-0.39, 0.29) is 42.8 Å². The molecular formula is C42H51N5O5. The number of amides is 3. The fraction of sp³-hybridized carbons (Fsp3) is 0.357. The molecule has 1 heterocycles. The van der Waals surface area contributed by atoms with Crippen LogP contribution in [0.5, 0.6) is 5.75 Å². The van der Waals surface area contributed by atoms with Gasteiger partial charge in [-0.2, -0.15) is 0 Å². The molecular weight excluding hydrogens is 654 g/mol. The zero-order chi connectivity index (χ0) is 37.0. The van der Waals surface area contributed by atoms with Gasteiger partial charge in [0.1, 0.15) is 6.10 Å². The highest BCUT2D eigenvalue weighted by Crippen LogP contribution is 2.35. The molecule has 5 rings (SSSR count). The molecule has 10 heteroatoms. The first-order valence-electron chi connectivity index (χ1n) is 18.1. The number of nitrogens with zero attached hydrogens (tertiary/aromatic N) is 2. The maximum absolute atomic E-state index is 13.9. The lowest BCUT2D eigenvalue weighted by atomic mass is 9.98. The fourth-order valence-electron chi connectivity index (χ4n) is 6.46. The van der Waals surface area contributed by atoms with Crippen molar-refractivity contribution in [2.24, 2.45) is 5.92 Å². The Morgan fingerprint density at radius 1 is 0.865 bits per heavy atom. The quantitative estimate of drug-likeness (QED) is 0.0788.